The van der Waals surface area contributed by atoms with Gasteiger partial charge in [-0.25, -0.2) is 4.98 Å². The Bertz CT molecular complexity index is 817. The van der Waals surface area contributed by atoms with Crippen molar-refractivity contribution in [3.05, 3.63) is 58.2 Å². The van der Waals surface area contributed by atoms with Crippen LogP contribution in [-0.2, 0) is 0 Å². The van der Waals surface area contributed by atoms with Gasteiger partial charge in [0.15, 0.2) is 5.96 Å². The molecule has 2 heterocycles. The van der Waals surface area contributed by atoms with Crippen LogP contribution in [0.15, 0.2) is 47.6 Å². The number of nitrogens with one attached hydrogen (secondary N) is 2. The Morgan fingerprint density at radius 2 is 2.07 bits per heavy atom. The molecule has 0 saturated carbocycles. The standard InChI is InChI=1S/C20H25Cl2N5O/c1-2-23-20(25-12-18(28)15-6-3-4-7-16(15)21)26-14-9-11-27(13-14)19-17(22)8-5-10-24-19/h3-8,10,14,18,28H,2,9,11-13H2,1H3,(H2,23,25,26). The number of benzene rings is 1. The molecule has 0 radical (unpaired) electrons. The average Bonchev–Trinajstić information content (AvgIpc) is 3.15. The summed E-state index contributed by atoms with van der Waals surface area (Å²) in [6.45, 7) is 4.62. The van der Waals surface area contributed by atoms with Crippen molar-refractivity contribution >= 4 is 35.0 Å². The van der Waals surface area contributed by atoms with E-state index in [9.17, 15) is 5.11 Å². The molecule has 0 spiro atoms. The summed E-state index contributed by atoms with van der Waals surface area (Å²) in [4.78, 5) is 11.1. The van der Waals surface area contributed by atoms with Crippen LogP contribution in [-0.4, -0.2) is 48.3 Å². The summed E-state index contributed by atoms with van der Waals surface area (Å²) in [5.41, 5.74) is 0.681. The van der Waals surface area contributed by atoms with E-state index in [0.29, 0.717) is 21.6 Å². The van der Waals surface area contributed by atoms with Crippen molar-refractivity contribution < 1.29 is 5.11 Å². The lowest BCUT2D eigenvalue weighted by molar-refractivity contribution is 0.187. The van der Waals surface area contributed by atoms with Gasteiger partial charge in [0, 0.05) is 42.5 Å². The first-order valence-corrected chi connectivity index (χ1v) is 10.2. The highest BCUT2D eigenvalue weighted by Gasteiger charge is 2.25. The molecule has 0 amide bonds. The van der Waals surface area contributed by atoms with Gasteiger partial charge in [0.2, 0.25) is 0 Å². The first kappa shape index (κ1) is 20.7. The van der Waals surface area contributed by atoms with E-state index >= 15 is 0 Å². The van der Waals surface area contributed by atoms with E-state index in [2.05, 4.69) is 25.5 Å². The van der Waals surface area contributed by atoms with Gasteiger partial charge in [0.25, 0.3) is 0 Å². The second-order valence-corrected chi connectivity index (χ2v) is 7.46. The lowest BCUT2D eigenvalue weighted by atomic mass is 10.1. The second-order valence-electron chi connectivity index (χ2n) is 6.64. The topological polar surface area (TPSA) is 72.8 Å². The molecule has 0 aliphatic carbocycles. The Morgan fingerprint density at radius 3 is 2.82 bits per heavy atom. The van der Waals surface area contributed by atoms with Crippen molar-refractivity contribution in [2.75, 3.05) is 31.1 Å². The zero-order valence-corrected chi connectivity index (χ0v) is 17.3. The Morgan fingerprint density at radius 1 is 1.29 bits per heavy atom. The summed E-state index contributed by atoms with van der Waals surface area (Å²) >= 11 is 12.4. The van der Waals surface area contributed by atoms with Crippen LogP contribution in [0.5, 0.6) is 0 Å². The van der Waals surface area contributed by atoms with Gasteiger partial charge in [0.1, 0.15) is 11.9 Å². The fourth-order valence-electron chi connectivity index (χ4n) is 3.22. The average molecular weight is 422 g/mol. The number of nitrogens with zero attached hydrogens (tertiary/aromatic N) is 3. The maximum atomic E-state index is 10.4. The highest BCUT2D eigenvalue weighted by atomic mass is 35.5. The Kier molecular flexibility index (Phi) is 7.36. The zero-order chi connectivity index (χ0) is 19.9. The molecule has 1 aromatic carbocycles. The number of guanidine groups is 1. The van der Waals surface area contributed by atoms with Crippen LogP contribution in [0.1, 0.15) is 25.0 Å². The molecule has 1 fully saturated rings. The zero-order valence-electron chi connectivity index (χ0n) is 15.8. The number of aromatic nitrogens is 1. The van der Waals surface area contributed by atoms with Crippen LogP contribution < -0.4 is 15.5 Å². The molecule has 1 aliphatic rings. The minimum absolute atomic E-state index is 0.216. The maximum absolute atomic E-state index is 10.4. The van der Waals surface area contributed by atoms with E-state index in [1.165, 1.54) is 0 Å². The molecule has 3 N–H and O–H groups in total. The number of rotatable bonds is 6. The first-order valence-electron chi connectivity index (χ1n) is 9.41. The van der Waals surface area contributed by atoms with Crippen molar-refractivity contribution in [1.82, 2.24) is 15.6 Å². The molecule has 1 aliphatic heterocycles. The smallest absolute Gasteiger partial charge is 0.191 e. The lowest BCUT2D eigenvalue weighted by Crippen LogP contribution is -2.44. The summed E-state index contributed by atoms with van der Waals surface area (Å²) < 4.78 is 0. The van der Waals surface area contributed by atoms with Crippen molar-refractivity contribution in [2.45, 2.75) is 25.5 Å². The van der Waals surface area contributed by atoms with Crippen molar-refractivity contribution in [3.8, 4) is 0 Å². The van der Waals surface area contributed by atoms with Crippen LogP contribution in [0.2, 0.25) is 10.0 Å². The Hall–Kier alpha value is -2.02. The van der Waals surface area contributed by atoms with Crippen LogP contribution in [0, 0.1) is 0 Å². The minimum Gasteiger partial charge on any atom is -0.386 e. The fourth-order valence-corrected chi connectivity index (χ4v) is 3.72. The fraction of sp³-hybridized carbons (Fsp3) is 0.400. The number of anilines is 1. The minimum atomic E-state index is -0.753. The predicted octanol–water partition coefficient (Wildman–Crippen LogP) is 3.26. The molecule has 3 rings (SSSR count). The molecule has 1 aromatic heterocycles. The van der Waals surface area contributed by atoms with E-state index in [-0.39, 0.29) is 12.6 Å². The van der Waals surface area contributed by atoms with Gasteiger partial charge in [-0.2, -0.15) is 0 Å². The molecule has 2 atom stereocenters. The van der Waals surface area contributed by atoms with Gasteiger partial charge in [0.05, 0.1) is 11.6 Å². The number of pyridine rings is 1. The predicted molar refractivity (Wildman–Crippen MR) is 115 cm³/mol. The van der Waals surface area contributed by atoms with E-state index in [4.69, 9.17) is 23.2 Å². The van der Waals surface area contributed by atoms with Crippen LogP contribution in [0.25, 0.3) is 0 Å². The molecular formula is C20H25Cl2N5O. The largest absolute Gasteiger partial charge is 0.386 e. The molecule has 28 heavy (non-hydrogen) atoms. The third kappa shape index (κ3) is 5.28. The molecule has 1 saturated heterocycles. The normalized spacial score (nSPS) is 18.2. The molecule has 8 heteroatoms. The number of hydrogen-bond donors (Lipinski definition) is 3. The molecule has 6 nitrogen and oxygen atoms in total. The molecule has 0 bridgehead atoms. The Labute approximate surface area is 175 Å². The highest BCUT2D eigenvalue weighted by molar-refractivity contribution is 6.33. The highest BCUT2D eigenvalue weighted by Crippen LogP contribution is 2.26. The molecule has 2 aromatic rings. The van der Waals surface area contributed by atoms with E-state index in [1.54, 1.807) is 12.3 Å². The number of halogens is 2. The number of hydrogen-bond acceptors (Lipinski definition) is 4. The SMILES string of the molecule is CCNC(=NCC(O)c1ccccc1Cl)NC1CCN(c2ncccc2Cl)C1. The van der Waals surface area contributed by atoms with E-state index in [0.717, 1.165) is 31.9 Å². The first-order chi connectivity index (χ1) is 13.6. The number of aliphatic imine (C=N–C) groups is 1. The van der Waals surface area contributed by atoms with Gasteiger partial charge in [-0.15, -0.1) is 0 Å². The van der Waals surface area contributed by atoms with Gasteiger partial charge < -0.3 is 20.6 Å². The third-order valence-electron chi connectivity index (χ3n) is 4.60. The Balaban J connectivity index is 1.61. The van der Waals surface area contributed by atoms with Crippen molar-refractivity contribution in [1.29, 1.82) is 0 Å². The number of aliphatic hydroxyl groups is 1. The molecular weight excluding hydrogens is 397 g/mol. The quantitative estimate of drug-likeness (QED) is 0.493. The maximum Gasteiger partial charge on any atom is 0.191 e. The monoisotopic (exact) mass is 421 g/mol. The molecule has 150 valence electrons. The van der Waals surface area contributed by atoms with Crippen molar-refractivity contribution in [3.63, 3.8) is 0 Å². The second kappa shape index (κ2) is 9.96. The van der Waals surface area contributed by atoms with Crippen molar-refractivity contribution in [2.24, 2.45) is 4.99 Å². The summed E-state index contributed by atoms with van der Waals surface area (Å²) in [6.07, 6.45) is 1.95. The van der Waals surface area contributed by atoms with Gasteiger partial charge in [-0.05, 0) is 31.5 Å². The summed E-state index contributed by atoms with van der Waals surface area (Å²) in [5.74, 6) is 1.48. The van der Waals surface area contributed by atoms with E-state index < -0.39 is 6.10 Å². The van der Waals surface area contributed by atoms with Crippen LogP contribution in [0.4, 0.5) is 5.82 Å². The van der Waals surface area contributed by atoms with Crippen LogP contribution >= 0.6 is 23.2 Å². The summed E-state index contributed by atoms with van der Waals surface area (Å²) in [6, 6.07) is 11.2. The third-order valence-corrected chi connectivity index (χ3v) is 5.24. The molecule has 2 unspecified atom stereocenters. The van der Waals surface area contributed by atoms with Crippen LogP contribution in [0.3, 0.4) is 0 Å². The lowest BCUT2D eigenvalue weighted by Gasteiger charge is -2.20. The summed E-state index contributed by atoms with van der Waals surface area (Å²) in [5, 5.41) is 18.3. The van der Waals surface area contributed by atoms with Gasteiger partial charge >= 0.3 is 0 Å². The number of aliphatic hydroxyl groups excluding tert-OH is 1. The van der Waals surface area contributed by atoms with Gasteiger partial charge in [-0.1, -0.05) is 41.4 Å². The van der Waals surface area contributed by atoms with E-state index in [1.807, 2.05) is 37.3 Å². The summed E-state index contributed by atoms with van der Waals surface area (Å²) in [7, 11) is 0. The van der Waals surface area contributed by atoms with Gasteiger partial charge in [-0.3, -0.25) is 4.99 Å².